The van der Waals surface area contributed by atoms with Crippen molar-refractivity contribution in [2.45, 2.75) is 26.4 Å². The van der Waals surface area contributed by atoms with Gasteiger partial charge >= 0.3 is 6.03 Å². The molecule has 0 bridgehead atoms. The summed E-state index contributed by atoms with van der Waals surface area (Å²) in [5, 5.41) is 9.86. The Labute approximate surface area is 139 Å². The molecule has 0 aliphatic heterocycles. The summed E-state index contributed by atoms with van der Waals surface area (Å²) < 4.78 is 7.21. The molecule has 0 unspecified atom stereocenters. The fraction of sp³-hybridized carbons (Fsp3) is 0.235. The monoisotopic (exact) mass is 325 g/mol. The van der Waals surface area contributed by atoms with Gasteiger partial charge in [0.1, 0.15) is 23.9 Å². The van der Waals surface area contributed by atoms with Crippen LogP contribution in [-0.4, -0.2) is 20.8 Å². The molecule has 3 aromatic heterocycles. The summed E-state index contributed by atoms with van der Waals surface area (Å²) in [4.78, 5) is 16.4. The molecule has 0 spiro atoms. The Hall–Kier alpha value is -3.09. The summed E-state index contributed by atoms with van der Waals surface area (Å²) in [6, 6.07) is 10.6. The van der Waals surface area contributed by atoms with Crippen molar-refractivity contribution < 1.29 is 9.21 Å². The Morgan fingerprint density at radius 3 is 2.83 bits per heavy atom. The SMILES string of the molecule is Cc1ccc(Cn2nccc2NC(=O)N[C@H](C)c2ccccn2)o1. The highest BCUT2D eigenvalue weighted by molar-refractivity contribution is 5.88. The van der Waals surface area contributed by atoms with E-state index in [4.69, 9.17) is 4.42 Å². The standard InChI is InChI=1S/C17H19N5O2/c1-12-6-7-14(24-12)11-22-16(8-10-19-22)21-17(23)20-13(2)15-5-3-4-9-18-15/h3-10,13H,11H2,1-2H3,(H2,20,21,23)/t13-/m1/s1. The Kier molecular flexibility index (Phi) is 4.60. The zero-order valence-electron chi connectivity index (χ0n) is 13.6. The fourth-order valence-electron chi connectivity index (χ4n) is 2.34. The van der Waals surface area contributed by atoms with Crippen molar-refractivity contribution in [1.82, 2.24) is 20.1 Å². The molecule has 24 heavy (non-hydrogen) atoms. The average Bonchev–Trinajstić information content (AvgIpc) is 3.18. The van der Waals surface area contributed by atoms with Gasteiger partial charge in [0.15, 0.2) is 0 Å². The maximum atomic E-state index is 12.2. The first-order chi connectivity index (χ1) is 11.6. The number of anilines is 1. The van der Waals surface area contributed by atoms with Gasteiger partial charge in [0.05, 0.1) is 17.9 Å². The zero-order chi connectivity index (χ0) is 16.9. The maximum Gasteiger partial charge on any atom is 0.320 e. The number of hydrogen-bond donors (Lipinski definition) is 2. The Morgan fingerprint density at radius 1 is 1.25 bits per heavy atom. The first-order valence-corrected chi connectivity index (χ1v) is 7.67. The Morgan fingerprint density at radius 2 is 2.12 bits per heavy atom. The molecule has 0 aromatic carbocycles. The number of urea groups is 1. The summed E-state index contributed by atoms with van der Waals surface area (Å²) in [7, 11) is 0. The molecule has 0 saturated carbocycles. The molecule has 1 atom stereocenters. The van der Waals surface area contributed by atoms with Gasteiger partial charge in [-0.1, -0.05) is 6.07 Å². The van der Waals surface area contributed by atoms with Crippen LogP contribution < -0.4 is 10.6 Å². The molecule has 2 amide bonds. The molecule has 7 heteroatoms. The van der Waals surface area contributed by atoms with Crippen molar-refractivity contribution in [1.29, 1.82) is 0 Å². The van der Waals surface area contributed by atoms with Crippen LogP contribution in [0, 0.1) is 6.92 Å². The molecule has 0 fully saturated rings. The minimum Gasteiger partial charge on any atom is -0.464 e. The van der Waals surface area contributed by atoms with Crippen LogP contribution in [0.2, 0.25) is 0 Å². The fourth-order valence-corrected chi connectivity index (χ4v) is 2.34. The van der Waals surface area contributed by atoms with Crippen molar-refractivity contribution in [3.63, 3.8) is 0 Å². The topological polar surface area (TPSA) is 85.0 Å². The van der Waals surface area contributed by atoms with E-state index in [1.807, 2.05) is 44.2 Å². The number of aromatic nitrogens is 3. The van der Waals surface area contributed by atoms with E-state index in [1.165, 1.54) is 0 Å². The number of rotatable bonds is 5. The lowest BCUT2D eigenvalue weighted by molar-refractivity contribution is 0.249. The smallest absolute Gasteiger partial charge is 0.320 e. The van der Waals surface area contributed by atoms with Crippen molar-refractivity contribution in [2.75, 3.05) is 5.32 Å². The number of nitrogens with one attached hydrogen (secondary N) is 2. The molecule has 3 rings (SSSR count). The molecule has 2 N–H and O–H groups in total. The van der Waals surface area contributed by atoms with Crippen LogP contribution in [0.1, 0.15) is 30.2 Å². The summed E-state index contributed by atoms with van der Waals surface area (Å²) in [5.74, 6) is 2.21. The van der Waals surface area contributed by atoms with E-state index in [9.17, 15) is 4.79 Å². The van der Waals surface area contributed by atoms with Gasteiger partial charge in [0, 0.05) is 12.3 Å². The minimum atomic E-state index is -0.314. The zero-order valence-corrected chi connectivity index (χ0v) is 13.6. The molecule has 3 aromatic rings. The lowest BCUT2D eigenvalue weighted by atomic mass is 10.2. The number of carbonyl (C=O) groups is 1. The van der Waals surface area contributed by atoms with E-state index < -0.39 is 0 Å². The summed E-state index contributed by atoms with van der Waals surface area (Å²) >= 11 is 0. The van der Waals surface area contributed by atoms with Crippen LogP contribution in [0.15, 0.2) is 53.2 Å². The van der Waals surface area contributed by atoms with E-state index in [-0.39, 0.29) is 12.1 Å². The second kappa shape index (κ2) is 6.99. The van der Waals surface area contributed by atoms with Gasteiger partial charge in [0.25, 0.3) is 0 Å². The highest BCUT2D eigenvalue weighted by atomic mass is 16.3. The Bertz CT molecular complexity index is 809. The van der Waals surface area contributed by atoms with Gasteiger partial charge in [0.2, 0.25) is 0 Å². The second-order valence-corrected chi connectivity index (χ2v) is 5.46. The highest BCUT2D eigenvalue weighted by Crippen LogP contribution is 2.13. The molecular formula is C17H19N5O2. The number of nitrogens with zero attached hydrogens (tertiary/aromatic N) is 3. The van der Waals surface area contributed by atoms with Crippen LogP contribution in [0.3, 0.4) is 0 Å². The molecule has 0 radical (unpaired) electrons. The van der Waals surface area contributed by atoms with Crippen molar-refractivity contribution >= 4 is 11.8 Å². The maximum absolute atomic E-state index is 12.2. The second-order valence-electron chi connectivity index (χ2n) is 5.46. The summed E-state index contributed by atoms with van der Waals surface area (Å²) in [6.45, 7) is 4.22. The Balaban J connectivity index is 1.62. The summed E-state index contributed by atoms with van der Waals surface area (Å²) in [6.07, 6.45) is 3.33. The van der Waals surface area contributed by atoms with Gasteiger partial charge in [-0.25, -0.2) is 9.48 Å². The first kappa shape index (κ1) is 15.8. The highest BCUT2D eigenvalue weighted by Gasteiger charge is 2.13. The average molecular weight is 325 g/mol. The van der Waals surface area contributed by atoms with E-state index in [0.717, 1.165) is 17.2 Å². The normalized spacial score (nSPS) is 11.9. The molecule has 7 nitrogen and oxygen atoms in total. The lowest BCUT2D eigenvalue weighted by Crippen LogP contribution is -2.32. The number of furan rings is 1. The third-order valence-corrected chi connectivity index (χ3v) is 3.54. The third kappa shape index (κ3) is 3.81. The van der Waals surface area contributed by atoms with Gasteiger partial charge in [-0.3, -0.25) is 10.3 Å². The number of hydrogen-bond acceptors (Lipinski definition) is 4. The number of carbonyl (C=O) groups excluding carboxylic acids is 1. The quantitative estimate of drug-likeness (QED) is 0.755. The van der Waals surface area contributed by atoms with Gasteiger partial charge in [-0.15, -0.1) is 0 Å². The van der Waals surface area contributed by atoms with Gasteiger partial charge in [-0.05, 0) is 38.1 Å². The van der Waals surface area contributed by atoms with E-state index in [2.05, 4.69) is 20.7 Å². The van der Waals surface area contributed by atoms with E-state index in [1.54, 1.807) is 23.1 Å². The minimum absolute atomic E-state index is 0.199. The van der Waals surface area contributed by atoms with Crippen LogP contribution in [0.5, 0.6) is 0 Å². The van der Waals surface area contributed by atoms with Crippen LogP contribution in [-0.2, 0) is 6.54 Å². The predicted molar refractivity (Wildman–Crippen MR) is 89.6 cm³/mol. The van der Waals surface area contributed by atoms with Crippen molar-refractivity contribution in [2.24, 2.45) is 0 Å². The van der Waals surface area contributed by atoms with Gasteiger partial charge in [-0.2, -0.15) is 5.10 Å². The van der Waals surface area contributed by atoms with Crippen molar-refractivity contribution in [3.8, 4) is 0 Å². The van der Waals surface area contributed by atoms with Crippen LogP contribution >= 0.6 is 0 Å². The summed E-state index contributed by atoms with van der Waals surface area (Å²) in [5.41, 5.74) is 0.798. The van der Waals surface area contributed by atoms with Gasteiger partial charge < -0.3 is 9.73 Å². The van der Waals surface area contributed by atoms with Crippen LogP contribution in [0.25, 0.3) is 0 Å². The number of aryl methyl sites for hydroxylation is 1. The molecular weight excluding hydrogens is 306 g/mol. The lowest BCUT2D eigenvalue weighted by Gasteiger charge is -2.14. The molecule has 0 aliphatic rings. The van der Waals surface area contributed by atoms with E-state index >= 15 is 0 Å². The van der Waals surface area contributed by atoms with Crippen molar-refractivity contribution in [3.05, 3.63) is 66.0 Å². The predicted octanol–water partition coefficient (Wildman–Crippen LogP) is 3.11. The molecule has 0 saturated heterocycles. The molecule has 3 heterocycles. The number of amides is 2. The number of pyridine rings is 1. The largest absolute Gasteiger partial charge is 0.464 e. The van der Waals surface area contributed by atoms with E-state index in [0.29, 0.717) is 12.4 Å². The first-order valence-electron chi connectivity index (χ1n) is 7.67. The third-order valence-electron chi connectivity index (χ3n) is 3.54. The molecule has 0 aliphatic carbocycles. The molecule has 124 valence electrons. The van der Waals surface area contributed by atoms with Crippen LogP contribution in [0.4, 0.5) is 10.6 Å².